The van der Waals surface area contributed by atoms with Gasteiger partial charge < -0.3 is 10.1 Å². The molecule has 1 unspecified atom stereocenters. The van der Waals surface area contributed by atoms with E-state index in [1.54, 1.807) is 11.3 Å². The number of rotatable bonds is 4. The molecule has 1 atom stereocenters. The maximum Gasteiger partial charge on any atom is 0.0795 e. The van der Waals surface area contributed by atoms with Crippen LogP contribution in [0.5, 0.6) is 0 Å². The van der Waals surface area contributed by atoms with E-state index in [-0.39, 0.29) is 0 Å². The first-order valence-corrected chi connectivity index (χ1v) is 6.09. The Morgan fingerprint density at radius 3 is 3.29 bits per heavy atom. The molecule has 0 bridgehead atoms. The van der Waals surface area contributed by atoms with Crippen molar-refractivity contribution < 1.29 is 4.74 Å². The highest BCUT2D eigenvalue weighted by molar-refractivity contribution is 7.07. The van der Waals surface area contributed by atoms with E-state index in [0.717, 1.165) is 25.4 Å². The highest BCUT2D eigenvalue weighted by Gasteiger charge is 2.12. The van der Waals surface area contributed by atoms with E-state index in [4.69, 9.17) is 4.74 Å². The number of hydrogen-bond donors (Lipinski definition) is 1. The van der Waals surface area contributed by atoms with Crippen LogP contribution in [0.25, 0.3) is 0 Å². The third-order valence-corrected chi connectivity index (χ3v) is 3.07. The maximum atomic E-state index is 5.62. The van der Waals surface area contributed by atoms with Gasteiger partial charge in [-0.25, -0.2) is 4.98 Å². The molecular formula is C10H16N2OS. The number of nitrogens with one attached hydrogen (secondary N) is 1. The van der Waals surface area contributed by atoms with Crippen molar-refractivity contribution in [3.8, 4) is 0 Å². The standard InChI is InChI=1S/C10H16N2OS/c1-2-4-13-10(3-1)6-11-5-9-7-14-8-12-9/h7-8,10-11H,1-6H2. The van der Waals surface area contributed by atoms with Gasteiger partial charge in [-0.1, -0.05) is 0 Å². The van der Waals surface area contributed by atoms with Gasteiger partial charge in [-0.15, -0.1) is 11.3 Å². The summed E-state index contributed by atoms with van der Waals surface area (Å²) in [5.74, 6) is 0. The molecule has 1 saturated heterocycles. The van der Waals surface area contributed by atoms with Gasteiger partial charge in [-0.05, 0) is 19.3 Å². The number of ether oxygens (including phenoxy) is 1. The van der Waals surface area contributed by atoms with E-state index in [1.165, 1.54) is 19.3 Å². The Morgan fingerprint density at radius 2 is 2.57 bits per heavy atom. The summed E-state index contributed by atoms with van der Waals surface area (Å²) < 4.78 is 5.62. The highest BCUT2D eigenvalue weighted by atomic mass is 32.1. The zero-order chi connectivity index (χ0) is 9.64. The van der Waals surface area contributed by atoms with E-state index < -0.39 is 0 Å². The van der Waals surface area contributed by atoms with Crippen molar-refractivity contribution in [3.05, 3.63) is 16.6 Å². The Bertz CT molecular complexity index is 245. The molecule has 2 heterocycles. The Hall–Kier alpha value is -0.450. The molecule has 0 spiro atoms. The molecule has 14 heavy (non-hydrogen) atoms. The second-order valence-electron chi connectivity index (χ2n) is 3.60. The predicted octanol–water partition coefficient (Wildman–Crippen LogP) is 1.80. The van der Waals surface area contributed by atoms with Crippen LogP contribution in [0, 0.1) is 0 Å². The van der Waals surface area contributed by atoms with Gasteiger partial charge in [0.15, 0.2) is 0 Å². The summed E-state index contributed by atoms with van der Waals surface area (Å²) in [4.78, 5) is 4.21. The lowest BCUT2D eigenvalue weighted by molar-refractivity contribution is 0.0167. The van der Waals surface area contributed by atoms with Crippen LogP contribution in [-0.4, -0.2) is 24.2 Å². The zero-order valence-corrected chi connectivity index (χ0v) is 9.05. The summed E-state index contributed by atoms with van der Waals surface area (Å²) in [5, 5.41) is 5.45. The van der Waals surface area contributed by atoms with Gasteiger partial charge in [-0.3, -0.25) is 0 Å². The monoisotopic (exact) mass is 212 g/mol. The van der Waals surface area contributed by atoms with Gasteiger partial charge in [0.25, 0.3) is 0 Å². The highest BCUT2D eigenvalue weighted by Crippen LogP contribution is 2.11. The summed E-state index contributed by atoms with van der Waals surface area (Å²) in [7, 11) is 0. The fraction of sp³-hybridized carbons (Fsp3) is 0.700. The minimum atomic E-state index is 0.419. The minimum absolute atomic E-state index is 0.419. The van der Waals surface area contributed by atoms with Crippen LogP contribution in [0.2, 0.25) is 0 Å². The molecule has 0 saturated carbocycles. The molecule has 3 nitrogen and oxygen atoms in total. The van der Waals surface area contributed by atoms with Crippen molar-refractivity contribution in [2.75, 3.05) is 13.2 Å². The van der Waals surface area contributed by atoms with Crippen LogP contribution in [-0.2, 0) is 11.3 Å². The molecule has 2 rings (SSSR count). The van der Waals surface area contributed by atoms with Gasteiger partial charge in [0.05, 0.1) is 17.3 Å². The average molecular weight is 212 g/mol. The lowest BCUT2D eigenvalue weighted by Crippen LogP contribution is -2.31. The first kappa shape index (κ1) is 10.1. The topological polar surface area (TPSA) is 34.2 Å². The zero-order valence-electron chi connectivity index (χ0n) is 8.24. The summed E-state index contributed by atoms with van der Waals surface area (Å²) in [6.07, 6.45) is 4.15. The Morgan fingerprint density at radius 1 is 1.57 bits per heavy atom. The van der Waals surface area contributed by atoms with Crippen molar-refractivity contribution in [1.82, 2.24) is 10.3 Å². The first-order valence-electron chi connectivity index (χ1n) is 5.14. The quantitative estimate of drug-likeness (QED) is 0.826. The van der Waals surface area contributed by atoms with Crippen LogP contribution in [0.3, 0.4) is 0 Å². The molecule has 1 N–H and O–H groups in total. The molecule has 0 aliphatic carbocycles. The van der Waals surface area contributed by atoms with E-state index in [0.29, 0.717) is 6.10 Å². The van der Waals surface area contributed by atoms with Crippen LogP contribution in [0.15, 0.2) is 10.9 Å². The normalized spacial score (nSPS) is 22.4. The van der Waals surface area contributed by atoms with Crippen molar-refractivity contribution in [3.63, 3.8) is 0 Å². The van der Waals surface area contributed by atoms with E-state index in [2.05, 4.69) is 15.7 Å². The van der Waals surface area contributed by atoms with Gasteiger partial charge in [0.2, 0.25) is 0 Å². The van der Waals surface area contributed by atoms with E-state index in [9.17, 15) is 0 Å². The lowest BCUT2D eigenvalue weighted by atomic mass is 10.1. The molecule has 1 aliphatic heterocycles. The fourth-order valence-electron chi connectivity index (χ4n) is 1.65. The summed E-state index contributed by atoms with van der Waals surface area (Å²) in [6, 6.07) is 0. The molecule has 4 heteroatoms. The van der Waals surface area contributed by atoms with Gasteiger partial charge >= 0.3 is 0 Å². The van der Waals surface area contributed by atoms with Crippen LogP contribution in [0.1, 0.15) is 25.0 Å². The molecule has 0 radical (unpaired) electrons. The molecule has 0 aromatic carbocycles. The van der Waals surface area contributed by atoms with Crippen LogP contribution in [0.4, 0.5) is 0 Å². The molecule has 78 valence electrons. The van der Waals surface area contributed by atoms with Crippen LogP contribution >= 0.6 is 11.3 Å². The van der Waals surface area contributed by atoms with Gasteiger partial charge in [0.1, 0.15) is 0 Å². The molecule has 1 aromatic heterocycles. The molecule has 1 aromatic rings. The first-order chi connectivity index (χ1) is 6.95. The molecule has 0 amide bonds. The Balaban J connectivity index is 1.62. The number of nitrogens with zero attached hydrogens (tertiary/aromatic N) is 1. The van der Waals surface area contributed by atoms with Crippen LogP contribution < -0.4 is 5.32 Å². The summed E-state index contributed by atoms with van der Waals surface area (Å²) >= 11 is 1.64. The Kier molecular flexibility index (Phi) is 3.91. The number of thiazole rings is 1. The fourth-order valence-corrected chi connectivity index (χ4v) is 2.21. The number of hydrogen-bond acceptors (Lipinski definition) is 4. The Labute approximate surface area is 88.5 Å². The molecule has 1 fully saturated rings. The maximum absolute atomic E-state index is 5.62. The van der Waals surface area contributed by atoms with Gasteiger partial charge in [-0.2, -0.15) is 0 Å². The van der Waals surface area contributed by atoms with Crippen molar-refractivity contribution in [2.45, 2.75) is 31.9 Å². The SMILES string of the molecule is c1nc(CNCC2CCCCO2)cs1. The lowest BCUT2D eigenvalue weighted by Gasteiger charge is -2.22. The largest absolute Gasteiger partial charge is 0.377 e. The number of aromatic nitrogens is 1. The van der Waals surface area contributed by atoms with E-state index in [1.807, 2.05) is 5.51 Å². The van der Waals surface area contributed by atoms with E-state index >= 15 is 0 Å². The second kappa shape index (κ2) is 5.44. The third kappa shape index (κ3) is 3.04. The van der Waals surface area contributed by atoms with Gasteiger partial charge in [0, 0.05) is 25.1 Å². The van der Waals surface area contributed by atoms with Crippen molar-refractivity contribution >= 4 is 11.3 Å². The summed E-state index contributed by atoms with van der Waals surface area (Å²) in [5.41, 5.74) is 3.00. The third-order valence-electron chi connectivity index (χ3n) is 2.44. The predicted molar refractivity (Wildman–Crippen MR) is 57.4 cm³/mol. The summed E-state index contributed by atoms with van der Waals surface area (Å²) in [6.45, 7) is 2.75. The molecule has 1 aliphatic rings. The average Bonchev–Trinajstić information content (AvgIpc) is 2.72. The van der Waals surface area contributed by atoms with Crippen molar-refractivity contribution in [2.24, 2.45) is 0 Å². The molecular weight excluding hydrogens is 196 g/mol. The second-order valence-corrected chi connectivity index (χ2v) is 4.32. The smallest absolute Gasteiger partial charge is 0.0795 e. The minimum Gasteiger partial charge on any atom is -0.377 e. The van der Waals surface area contributed by atoms with Crippen molar-refractivity contribution in [1.29, 1.82) is 0 Å².